The van der Waals surface area contributed by atoms with Gasteiger partial charge in [0.25, 0.3) is 0 Å². The molecule has 0 radical (unpaired) electrons. The van der Waals surface area contributed by atoms with Crippen molar-refractivity contribution in [1.82, 2.24) is 15.2 Å². The third-order valence-corrected chi connectivity index (χ3v) is 3.66. The third kappa shape index (κ3) is 4.39. The van der Waals surface area contributed by atoms with Gasteiger partial charge in [-0.15, -0.1) is 0 Å². The fourth-order valence-electron chi connectivity index (χ4n) is 2.63. The number of H-pyrrole nitrogens is 1. The van der Waals surface area contributed by atoms with Gasteiger partial charge in [0.05, 0.1) is 6.54 Å². The van der Waals surface area contributed by atoms with Crippen LogP contribution in [0, 0.1) is 11.3 Å². The number of nitrogens with zero attached hydrogens (tertiary/aromatic N) is 2. The number of rotatable bonds is 6. The van der Waals surface area contributed by atoms with Crippen LogP contribution in [0.5, 0.6) is 0 Å². The summed E-state index contributed by atoms with van der Waals surface area (Å²) in [6.45, 7) is 8.51. The van der Waals surface area contributed by atoms with E-state index >= 15 is 0 Å². The molecule has 6 nitrogen and oxygen atoms in total. The number of benzene rings is 1. The minimum atomic E-state index is -0.396. The summed E-state index contributed by atoms with van der Waals surface area (Å²) in [5.41, 5.74) is 6.76. The fourth-order valence-corrected chi connectivity index (χ4v) is 2.63. The Morgan fingerprint density at radius 2 is 1.96 bits per heavy atom. The van der Waals surface area contributed by atoms with Gasteiger partial charge in [-0.05, 0) is 36.6 Å². The number of hydrogen-bond acceptors (Lipinski definition) is 4. The van der Waals surface area contributed by atoms with Crippen LogP contribution < -0.4 is 11.1 Å². The molecule has 0 aliphatic carbocycles. The Bertz CT molecular complexity index is 658. The van der Waals surface area contributed by atoms with E-state index in [4.69, 9.17) is 5.73 Å². The first-order valence-corrected chi connectivity index (χ1v) is 7.85. The first-order chi connectivity index (χ1) is 10.8. The maximum Gasteiger partial charge on any atom is 0.230 e. The van der Waals surface area contributed by atoms with Gasteiger partial charge < -0.3 is 11.1 Å². The van der Waals surface area contributed by atoms with Crippen molar-refractivity contribution in [2.75, 3.05) is 5.32 Å². The molecule has 0 saturated carbocycles. The number of amides is 1. The standard InChI is InChI=1S/C17H25N5O/c1-11(2)9-17(3,4)16(23)19-13-7-5-12(6-8-13)15-20-14(10-18)21-22-15/h5-8,11H,9-10,18H2,1-4H3,(H,19,23)(H,20,21,22). The molecule has 1 aromatic heterocycles. The van der Waals surface area contributed by atoms with Gasteiger partial charge in [-0.2, -0.15) is 5.10 Å². The van der Waals surface area contributed by atoms with Crippen LogP contribution in [0.2, 0.25) is 0 Å². The molecule has 2 rings (SSSR count). The zero-order valence-corrected chi connectivity index (χ0v) is 14.2. The van der Waals surface area contributed by atoms with Gasteiger partial charge >= 0.3 is 0 Å². The van der Waals surface area contributed by atoms with E-state index in [1.807, 2.05) is 38.1 Å². The highest BCUT2D eigenvalue weighted by Crippen LogP contribution is 2.27. The predicted molar refractivity (Wildman–Crippen MR) is 91.6 cm³/mol. The van der Waals surface area contributed by atoms with Crippen molar-refractivity contribution in [3.05, 3.63) is 30.1 Å². The smallest absolute Gasteiger partial charge is 0.230 e. The van der Waals surface area contributed by atoms with Crippen molar-refractivity contribution in [3.63, 3.8) is 0 Å². The zero-order chi connectivity index (χ0) is 17.0. The molecule has 0 unspecified atom stereocenters. The van der Waals surface area contributed by atoms with E-state index in [-0.39, 0.29) is 5.91 Å². The fraction of sp³-hybridized carbons (Fsp3) is 0.471. The largest absolute Gasteiger partial charge is 0.326 e. The third-order valence-electron chi connectivity index (χ3n) is 3.66. The average molecular weight is 315 g/mol. The number of nitrogens with one attached hydrogen (secondary N) is 2. The molecule has 0 bridgehead atoms. The molecule has 1 heterocycles. The van der Waals surface area contributed by atoms with Gasteiger partial charge in [0, 0.05) is 16.7 Å². The summed E-state index contributed by atoms with van der Waals surface area (Å²) in [5.74, 6) is 1.75. The van der Waals surface area contributed by atoms with Gasteiger partial charge in [-0.1, -0.05) is 27.7 Å². The molecule has 0 fully saturated rings. The summed E-state index contributed by atoms with van der Waals surface area (Å²) in [7, 11) is 0. The quantitative estimate of drug-likeness (QED) is 0.763. The number of carbonyl (C=O) groups is 1. The lowest BCUT2D eigenvalue weighted by atomic mass is 9.83. The van der Waals surface area contributed by atoms with E-state index in [1.165, 1.54) is 0 Å². The second kappa shape index (κ2) is 6.91. The molecule has 0 aliphatic heterocycles. The van der Waals surface area contributed by atoms with E-state index in [0.29, 0.717) is 24.1 Å². The van der Waals surface area contributed by atoms with E-state index < -0.39 is 5.41 Å². The highest BCUT2D eigenvalue weighted by molar-refractivity contribution is 5.94. The molecule has 23 heavy (non-hydrogen) atoms. The number of hydrogen-bond donors (Lipinski definition) is 3. The van der Waals surface area contributed by atoms with Crippen molar-refractivity contribution < 1.29 is 4.79 Å². The molecule has 0 saturated heterocycles. The van der Waals surface area contributed by atoms with Gasteiger partial charge in [-0.3, -0.25) is 9.89 Å². The molecule has 4 N–H and O–H groups in total. The van der Waals surface area contributed by atoms with Crippen molar-refractivity contribution in [3.8, 4) is 11.4 Å². The number of aromatic nitrogens is 3. The Hall–Kier alpha value is -2.21. The average Bonchev–Trinajstić information content (AvgIpc) is 2.95. The second-order valence-electron chi connectivity index (χ2n) is 6.82. The lowest BCUT2D eigenvalue weighted by molar-refractivity contribution is -0.124. The van der Waals surface area contributed by atoms with Crippen LogP contribution in [0.3, 0.4) is 0 Å². The molecule has 0 aliphatic rings. The van der Waals surface area contributed by atoms with E-state index in [2.05, 4.69) is 34.3 Å². The predicted octanol–water partition coefficient (Wildman–Crippen LogP) is 2.94. The maximum absolute atomic E-state index is 12.4. The van der Waals surface area contributed by atoms with Crippen LogP contribution in [0.4, 0.5) is 5.69 Å². The highest BCUT2D eigenvalue weighted by atomic mass is 16.2. The minimum absolute atomic E-state index is 0.0299. The number of nitrogens with two attached hydrogens (primary N) is 1. The number of carbonyl (C=O) groups excluding carboxylic acids is 1. The Balaban J connectivity index is 2.06. The summed E-state index contributed by atoms with van der Waals surface area (Å²) < 4.78 is 0. The monoisotopic (exact) mass is 315 g/mol. The molecular formula is C17H25N5O. The molecule has 1 amide bonds. The first-order valence-electron chi connectivity index (χ1n) is 7.85. The highest BCUT2D eigenvalue weighted by Gasteiger charge is 2.28. The molecule has 1 aromatic carbocycles. The second-order valence-corrected chi connectivity index (χ2v) is 6.82. The summed E-state index contributed by atoms with van der Waals surface area (Å²) >= 11 is 0. The minimum Gasteiger partial charge on any atom is -0.326 e. The molecule has 6 heteroatoms. The first kappa shape index (κ1) is 17.1. The van der Waals surface area contributed by atoms with Crippen LogP contribution in [0.15, 0.2) is 24.3 Å². The van der Waals surface area contributed by atoms with Gasteiger partial charge in [0.1, 0.15) is 5.82 Å². The van der Waals surface area contributed by atoms with E-state index in [1.54, 1.807) is 0 Å². The molecule has 0 atom stereocenters. The topological polar surface area (TPSA) is 96.7 Å². The van der Waals surface area contributed by atoms with Crippen LogP contribution in [0.25, 0.3) is 11.4 Å². The Morgan fingerprint density at radius 3 is 2.48 bits per heavy atom. The number of anilines is 1. The Morgan fingerprint density at radius 1 is 1.30 bits per heavy atom. The summed E-state index contributed by atoms with van der Waals surface area (Å²) in [5, 5.41) is 9.87. The van der Waals surface area contributed by atoms with E-state index in [0.717, 1.165) is 17.7 Å². The van der Waals surface area contributed by atoms with Crippen LogP contribution in [0.1, 0.15) is 39.9 Å². The maximum atomic E-state index is 12.4. The van der Waals surface area contributed by atoms with Gasteiger partial charge in [-0.25, -0.2) is 4.98 Å². The molecular weight excluding hydrogens is 290 g/mol. The molecule has 124 valence electrons. The van der Waals surface area contributed by atoms with Crippen LogP contribution in [-0.4, -0.2) is 21.1 Å². The van der Waals surface area contributed by atoms with Gasteiger partial charge in [0.2, 0.25) is 5.91 Å². The van der Waals surface area contributed by atoms with E-state index in [9.17, 15) is 4.79 Å². The Kier molecular flexibility index (Phi) is 5.15. The van der Waals surface area contributed by atoms with Crippen molar-refractivity contribution in [2.24, 2.45) is 17.1 Å². The Labute approximate surface area is 136 Å². The number of aromatic amines is 1. The lowest BCUT2D eigenvalue weighted by Gasteiger charge is -2.25. The van der Waals surface area contributed by atoms with Crippen molar-refractivity contribution in [2.45, 2.75) is 40.7 Å². The van der Waals surface area contributed by atoms with Gasteiger partial charge in [0.15, 0.2) is 5.82 Å². The lowest BCUT2D eigenvalue weighted by Crippen LogP contribution is -2.32. The van der Waals surface area contributed by atoms with Crippen LogP contribution >= 0.6 is 0 Å². The zero-order valence-electron chi connectivity index (χ0n) is 14.2. The van der Waals surface area contributed by atoms with Crippen LogP contribution in [-0.2, 0) is 11.3 Å². The SMILES string of the molecule is CC(C)CC(C)(C)C(=O)Nc1ccc(-c2n[nH]c(CN)n2)cc1. The normalized spacial score (nSPS) is 11.7. The molecule has 0 spiro atoms. The molecule has 2 aromatic rings. The summed E-state index contributed by atoms with van der Waals surface area (Å²) in [6, 6.07) is 7.48. The van der Waals surface area contributed by atoms with Crippen molar-refractivity contribution >= 4 is 11.6 Å². The van der Waals surface area contributed by atoms with Crippen molar-refractivity contribution in [1.29, 1.82) is 0 Å². The summed E-state index contributed by atoms with van der Waals surface area (Å²) in [6.07, 6.45) is 0.843. The summed E-state index contributed by atoms with van der Waals surface area (Å²) in [4.78, 5) is 16.7.